The van der Waals surface area contributed by atoms with Gasteiger partial charge in [-0.3, -0.25) is 0 Å². The minimum absolute atomic E-state index is 0.260. The number of nitrogens with one attached hydrogen (secondary N) is 1. The zero-order valence-electron chi connectivity index (χ0n) is 9.84. The van der Waals surface area contributed by atoms with Crippen molar-refractivity contribution >= 4 is 43.2 Å². The quantitative estimate of drug-likeness (QED) is 0.835. The summed E-state index contributed by atoms with van der Waals surface area (Å²) in [4.78, 5) is 1.33. The van der Waals surface area contributed by atoms with E-state index in [-0.39, 0.29) is 6.10 Å². The molecule has 0 spiro atoms. The van der Waals surface area contributed by atoms with Crippen molar-refractivity contribution in [3.63, 3.8) is 0 Å². The molecule has 0 bridgehead atoms. The van der Waals surface area contributed by atoms with Crippen LogP contribution in [0, 0.1) is 5.92 Å². The predicted molar refractivity (Wildman–Crippen MR) is 79.7 cm³/mol. The standard InChI is InChI=1S/C12H17Br2NOS/c1-2-15-7-8-4-3-5-16-11(8)10-6-9(13)12(14)17-10/h6,8,11,15H,2-5,7H2,1H3. The lowest BCUT2D eigenvalue weighted by atomic mass is 9.93. The van der Waals surface area contributed by atoms with Crippen LogP contribution < -0.4 is 5.32 Å². The molecule has 1 aromatic heterocycles. The maximum Gasteiger partial charge on any atom is 0.0957 e. The molecule has 1 saturated heterocycles. The Balaban J connectivity index is 2.09. The zero-order chi connectivity index (χ0) is 12.3. The molecule has 5 heteroatoms. The van der Waals surface area contributed by atoms with Crippen LogP contribution in [0.25, 0.3) is 0 Å². The van der Waals surface area contributed by atoms with Crippen molar-refractivity contribution < 1.29 is 4.74 Å². The average molecular weight is 383 g/mol. The highest BCUT2D eigenvalue weighted by molar-refractivity contribution is 9.13. The van der Waals surface area contributed by atoms with Crippen LogP contribution in [0.4, 0.5) is 0 Å². The summed E-state index contributed by atoms with van der Waals surface area (Å²) in [6.07, 6.45) is 2.70. The molecule has 1 aliphatic rings. The van der Waals surface area contributed by atoms with Gasteiger partial charge in [0.1, 0.15) is 0 Å². The van der Waals surface area contributed by atoms with E-state index in [2.05, 4.69) is 50.2 Å². The van der Waals surface area contributed by atoms with Gasteiger partial charge in [0, 0.05) is 28.4 Å². The number of thiophene rings is 1. The molecule has 0 amide bonds. The lowest BCUT2D eigenvalue weighted by Crippen LogP contribution is -2.31. The predicted octanol–water partition coefficient (Wildman–Crippen LogP) is 4.35. The number of hydrogen-bond acceptors (Lipinski definition) is 3. The third kappa shape index (κ3) is 3.53. The molecule has 2 nitrogen and oxygen atoms in total. The zero-order valence-corrected chi connectivity index (χ0v) is 13.8. The Bertz CT molecular complexity index is 350. The molecule has 17 heavy (non-hydrogen) atoms. The molecule has 2 unspecified atom stereocenters. The fraction of sp³-hybridized carbons (Fsp3) is 0.667. The summed E-state index contributed by atoms with van der Waals surface area (Å²) in [5.41, 5.74) is 0. The second kappa shape index (κ2) is 6.66. The number of hydrogen-bond donors (Lipinski definition) is 1. The fourth-order valence-electron chi connectivity index (χ4n) is 2.20. The lowest BCUT2D eigenvalue weighted by molar-refractivity contribution is -0.0254. The van der Waals surface area contributed by atoms with Gasteiger partial charge in [-0.15, -0.1) is 11.3 Å². The van der Waals surface area contributed by atoms with Crippen molar-refractivity contribution in [1.82, 2.24) is 5.32 Å². The summed E-state index contributed by atoms with van der Waals surface area (Å²) in [6.45, 7) is 5.12. The van der Waals surface area contributed by atoms with Gasteiger partial charge in [-0.1, -0.05) is 6.92 Å². The first-order chi connectivity index (χ1) is 8.22. The van der Waals surface area contributed by atoms with Gasteiger partial charge in [-0.05, 0) is 57.3 Å². The molecular weight excluding hydrogens is 366 g/mol. The van der Waals surface area contributed by atoms with Crippen molar-refractivity contribution in [3.8, 4) is 0 Å². The molecular formula is C12H17Br2NOS. The van der Waals surface area contributed by atoms with E-state index in [0.717, 1.165) is 28.0 Å². The Hall–Kier alpha value is 0.580. The van der Waals surface area contributed by atoms with E-state index in [1.165, 1.54) is 17.7 Å². The second-order valence-corrected chi connectivity index (χ2v) is 7.53. The normalized spacial score (nSPS) is 25.1. The maximum absolute atomic E-state index is 5.97. The molecule has 1 N–H and O–H groups in total. The van der Waals surface area contributed by atoms with E-state index in [4.69, 9.17) is 4.74 Å². The Kier molecular flexibility index (Phi) is 5.49. The van der Waals surface area contributed by atoms with E-state index in [1.807, 2.05) is 0 Å². The number of rotatable bonds is 4. The second-order valence-electron chi connectivity index (χ2n) is 4.27. The Morgan fingerprint density at radius 1 is 1.53 bits per heavy atom. The Labute approximate surface area is 123 Å². The summed E-state index contributed by atoms with van der Waals surface area (Å²) >= 11 is 8.88. The van der Waals surface area contributed by atoms with Gasteiger partial charge in [-0.2, -0.15) is 0 Å². The first kappa shape index (κ1) is 14.0. The van der Waals surface area contributed by atoms with Crippen molar-refractivity contribution in [2.24, 2.45) is 5.92 Å². The van der Waals surface area contributed by atoms with E-state index >= 15 is 0 Å². The van der Waals surface area contributed by atoms with Gasteiger partial charge in [0.05, 0.1) is 9.89 Å². The molecule has 0 radical (unpaired) electrons. The van der Waals surface area contributed by atoms with E-state index in [0.29, 0.717) is 5.92 Å². The van der Waals surface area contributed by atoms with E-state index in [9.17, 15) is 0 Å². The monoisotopic (exact) mass is 381 g/mol. The van der Waals surface area contributed by atoms with Crippen LogP contribution in [-0.2, 0) is 4.74 Å². The lowest BCUT2D eigenvalue weighted by Gasteiger charge is -2.31. The van der Waals surface area contributed by atoms with E-state index < -0.39 is 0 Å². The minimum atomic E-state index is 0.260. The van der Waals surface area contributed by atoms with Crippen LogP contribution in [0.2, 0.25) is 0 Å². The molecule has 1 aromatic rings. The molecule has 2 atom stereocenters. The number of halogens is 2. The molecule has 0 saturated carbocycles. The third-order valence-electron chi connectivity index (χ3n) is 3.05. The van der Waals surface area contributed by atoms with E-state index in [1.54, 1.807) is 11.3 Å². The molecule has 1 aliphatic heterocycles. The SMILES string of the molecule is CCNCC1CCCOC1c1cc(Br)c(Br)s1. The molecule has 0 aliphatic carbocycles. The smallest absolute Gasteiger partial charge is 0.0957 e. The van der Waals surface area contributed by atoms with Gasteiger partial charge in [0.25, 0.3) is 0 Å². The topological polar surface area (TPSA) is 21.3 Å². The summed E-state index contributed by atoms with van der Waals surface area (Å²) < 4.78 is 8.26. The maximum atomic E-state index is 5.97. The molecule has 1 fully saturated rings. The largest absolute Gasteiger partial charge is 0.372 e. The highest BCUT2D eigenvalue weighted by atomic mass is 79.9. The minimum Gasteiger partial charge on any atom is -0.372 e. The van der Waals surface area contributed by atoms with Crippen LogP contribution in [0.5, 0.6) is 0 Å². The van der Waals surface area contributed by atoms with Crippen LogP contribution in [0.1, 0.15) is 30.7 Å². The summed E-state index contributed by atoms with van der Waals surface area (Å²) in [7, 11) is 0. The Morgan fingerprint density at radius 3 is 3.00 bits per heavy atom. The van der Waals surface area contributed by atoms with Crippen molar-refractivity contribution in [2.45, 2.75) is 25.9 Å². The van der Waals surface area contributed by atoms with Crippen molar-refractivity contribution in [2.75, 3.05) is 19.7 Å². The van der Waals surface area contributed by atoms with Crippen LogP contribution >= 0.6 is 43.2 Å². The fourth-order valence-corrected chi connectivity index (χ4v) is 4.43. The first-order valence-electron chi connectivity index (χ1n) is 5.99. The van der Waals surface area contributed by atoms with Crippen molar-refractivity contribution in [1.29, 1.82) is 0 Å². The van der Waals surface area contributed by atoms with Gasteiger partial charge in [0.2, 0.25) is 0 Å². The molecule has 0 aromatic carbocycles. The number of ether oxygens (including phenoxy) is 1. The summed E-state index contributed by atoms with van der Waals surface area (Å²) in [5.74, 6) is 0.598. The summed E-state index contributed by atoms with van der Waals surface area (Å²) in [6, 6.07) is 2.18. The van der Waals surface area contributed by atoms with Gasteiger partial charge < -0.3 is 10.1 Å². The third-order valence-corrected chi connectivity index (χ3v) is 6.36. The van der Waals surface area contributed by atoms with Crippen LogP contribution in [0.15, 0.2) is 14.3 Å². The highest BCUT2D eigenvalue weighted by Gasteiger charge is 2.28. The molecule has 2 heterocycles. The van der Waals surface area contributed by atoms with Gasteiger partial charge in [-0.25, -0.2) is 0 Å². The Morgan fingerprint density at radius 2 is 2.35 bits per heavy atom. The first-order valence-corrected chi connectivity index (χ1v) is 8.39. The van der Waals surface area contributed by atoms with Crippen molar-refractivity contribution in [3.05, 3.63) is 19.2 Å². The van der Waals surface area contributed by atoms with Gasteiger partial charge in [0.15, 0.2) is 0 Å². The molecule has 96 valence electrons. The van der Waals surface area contributed by atoms with Gasteiger partial charge >= 0.3 is 0 Å². The van der Waals surface area contributed by atoms with Crippen LogP contribution in [0.3, 0.4) is 0 Å². The van der Waals surface area contributed by atoms with Crippen LogP contribution in [-0.4, -0.2) is 19.7 Å². The summed E-state index contributed by atoms with van der Waals surface area (Å²) in [5, 5.41) is 3.44. The average Bonchev–Trinajstić information content (AvgIpc) is 2.67. The highest BCUT2D eigenvalue weighted by Crippen LogP contribution is 2.41. The molecule has 2 rings (SSSR count).